The van der Waals surface area contributed by atoms with Gasteiger partial charge in [0.2, 0.25) is 0 Å². The Bertz CT molecular complexity index is 560. The Morgan fingerprint density at radius 2 is 2.17 bits per heavy atom. The third kappa shape index (κ3) is 3.06. The number of thiocarbonyl (C=S) groups is 1. The second kappa shape index (κ2) is 4.94. The molecule has 0 bridgehead atoms. The van der Waals surface area contributed by atoms with E-state index in [4.69, 9.17) is 18.0 Å². The summed E-state index contributed by atoms with van der Waals surface area (Å²) in [6.45, 7) is 7.54. The first kappa shape index (κ1) is 15.1. The Morgan fingerprint density at radius 1 is 1.61 bits per heavy atom. The van der Waals surface area contributed by atoms with Crippen LogP contribution in [0.4, 0.5) is 0 Å². The molecule has 0 spiro atoms. The summed E-state index contributed by atoms with van der Waals surface area (Å²) in [5.74, 6) is 0.644. The van der Waals surface area contributed by atoms with Gasteiger partial charge in [-0.3, -0.25) is 0 Å². The van der Waals surface area contributed by atoms with E-state index in [1.165, 1.54) is 6.20 Å². The van der Waals surface area contributed by atoms with E-state index < -0.39 is 15.6 Å². The van der Waals surface area contributed by atoms with Gasteiger partial charge in [0, 0.05) is 12.7 Å². The van der Waals surface area contributed by atoms with E-state index in [1.807, 2.05) is 6.92 Å². The molecular weight excluding hydrogens is 272 g/mol. The fourth-order valence-electron chi connectivity index (χ4n) is 1.37. The maximum absolute atomic E-state index is 12.1. The monoisotopic (exact) mass is 290 g/mol. The number of nitrogens with two attached hydrogens (primary N) is 1. The fraction of sp³-hybridized carbons (Fsp3) is 0.600. The van der Waals surface area contributed by atoms with Crippen LogP contribution in [0, 0.1) is 6.92 Å². The van der Waals surface area contributed by atoms with Crippen LogP contribution in [0.5, 0.6) is 0 Å². The van der Waals surface area contributed by atoms with E-state index in [1.54, 1.807) is 25.3 Å². The minimum Gasteiger partial charge on any atom is -0.392 e. The molecule has 18 heavy (non-hydrogen) atoms. The lowest BCUT2D eigenvalue weighted by molar-refractivity contribution is 0.543. The number of aromatic nitrogens is 2. The van der Waals surface area contributed by atoms with Crippen LogP contribution in [-0.4, -0.2) is 28.5 Å². The molecule has 1 aromatic rings. The normalized spacial score (nSPS) is 12.7. The zero-order chi connectivity index (χ0) is 14.1. The van der Waals surface area contributed by atoms with Crippen molar-refractivity contribution in [2.75, 3.05) is 0 Å². The first-order chi connectivity index (χ1) is 8.10. The highest BCUT2D eigenvalue weighted by molar-refractivity contribution is 7.89. The molecule has 102 valence electrons. The summed E-state index contributed by atoms with van der Waals surface area (Å²) < 4.78 is 28.5. The van der Waals surface area contributed by atoms with Gasteiger partial charge in [-0.2, -0.15) is 4.72 Å². The van der Waals surface area contributed by atoms with Crippen molar-refractivity contribution in [1.29, 1.82) is 0 Å². The third-order valence-corrected chi connectivity index (χ3v) is 4.61. The Labute approximate surface area is 113 Å². The van der Waals surface area contributed by atoms with Gasteiger partial charge in [0.05, 0.1) is 10.5 Å². The lowest BCUT2D eigenvalue weighted by atomic mass is 10.1. The van der Waals surface area contributed by atoms with Crippen LogP contribution in [0.1, 0.15) is 26.6 Å². The molecule has 1 aromatic heterocycles. The molecule has 0 fully saturated rings. The number of hydrogen-bond donors (Lipinski definition) is 2. The zero-order valence-electron chi connectivity index (χ0n) is 10.9. The van der Waals surface area contributed by atoms with Crippen molar-refractivity contribution in [3.63, 3.8) is 0 Å². The summed E-state index contributed by atoms with van der Waals surface area (Å²) in [5, 5.41) is -0.0221. The summed E-state index contributed by atoms with van der Waals surface area (Å²) in [4.78, 5) is 4.11. The van der Waals surface area contributed by atoms with Crippen molar-refractivity contribution < 1.29 is 8.42 Å². The molecule has 0 atom stereocenters. The minimum atomic E-state index is -3.72. The van der Waals surface area contributed by atoms with Gasteiger partial charge in [-0.1, -0.05) is 12.2 Å². The summed E-state index contributed by atoms with van der Waals surface area (Å²) in [5.41, 5.74) is 4.51. The predicted octanol–water partition coefficient (Wildman–Crippen LogP) is 0.554. The van der Waals surface area contributed by atoms with Gasteiger partial charge in [0.15, 0.2) is 5.03 Å². The van der Waals surface area contributed by atoms with Crippen LogP contribution in [0.15, 0.2) is 11.2 Å². The molecule has 0 aliphatic carbocycles. The van der Waals surface area contributed by atoms with Crippen molar-refractivity contribution in [2.24, 2.45) is 5.73 Å². The molecule has 0 saturated heterocycles. The van der Waals surface area contributed by atoms with Gasteiger partial charge in [0.1, 0.15) is 5.82 Å². The van der Waals surface area contributed by atoms with E-state index in [0.29, 0.717) is 12.4 Å². The molecule has 3 N–H and O–H groups in total. The molecule has 6 nitrogen and oxygen atoms in total. The van der Waals surface area contributed by atoms with Crippen LogP contribution in [-0.2, 0) is 16.6 Å². The lowest BCUT2D eigenvalue weighted by Crippen LogP contribution is -2.52. The minimum absolute atomic E-state index is 0.0221. The van der Waals surface area contributed by atoms with E-state index >= 15 is 0 Å². The van der Waals surface area contributed by atoms with E-state index in [9.17, 15) is 8.42 Å². The Morgan fingerprint density at radius 3 is 2.56 bits per heavy atom. The lowest BCUT2D eigenvalue weighted by Gasteiger charge is -2.23. The first-order valence-electron chi connectivity index (χ1n) is 5.48. The molecule has 1 heterocycles. The van der Waals surface area contributed by atoms with Crippen LogP contribution in [0.25, 0.3) is 0 Å². The van der Waals surface area contributed by atoms with Crippen LogP contribution in [0.3, 0.4) is 0 Å². The maximum Gasteiger partial charge on any atom is 0.260 e. The standard InChI is InChI=1S/C10H18N4O2S2/c1-5-14-6-8(12-7(14)2)18(15,16)13-10(3,4)9(11)17/h6,13H,5H2,1-4H3,(H2,11,17). The molecule has 1 rings (SSSR count). The molecule has 0 amide bonds. The van der Waals surface area contributed by atoms with Gasteiger partial charge < -0.3 is 10.3 Å². The van der Waals surface area contributed by atoms with Crippen LogP contribution < -0.4 is 10.5 Å². The van der Waals surface area contributed by atoms with Crippen LogP contribution >= 0.6 is 12.2 Å². The number of nitrogens with zero attached hydrogens (tertiary/aromatic N) is 2. The summed E-state index contributed by atoms with van der Waals surface area (Å²) in [6.07, 6.45) is 1.49. The van der Waals surface area contributed by atoms with Crippen molar-refractivity contribution in [3.8, 4) is 0 Å². The maximum atomic E-state index is 12.1. The second-order valence-electron chi connectivity index (χ2n) is 4.51. The van der Waals surface area contributed by atoms with Gasteiger partial charge in [-0.15, -0.1) is 0 Å². The first-order valence-corrected chi connectivity index (χ1v) is 7.37. The Hall–Kier alpha value is -0.990. The predicted molar refractivity (Wildman–Crippen MR) is 73.8 cm³/mol. The molecule has 0 saturated carbocycles. The van der Waals surface area contributed by atoms with Crippen molar-refractivity contribution in [1.82, 2.24) is 14.3 Å². The number of nitrogens with one attached hydrogen (secondary N) is 1. The van der Waals surface area contributed by atoms with E-state index in [0.717, 1.165) is 0 Å². The largest absolute Gasteiger partial charge is 0.392 e. The van der Waals surface area contributed by atoms with Crippen LogP contribution in [0.2, 0.25) is 0 Å². The molecule has 0 aliphatic rings. The molecule has 0 unspecified atom stereocenters. The third-order valence-electron chi connectivity index (χ3n) is 2.58. The number of aryl methyl sites for hydroxylation is 2. The number of imidazole rings is 1. The summed E-state index contributed by atoms with van der Waals surface area (Å²) >= 11 is 4.83. The SMILES string of the molecule is CCn1cc(S(=O)(=O)NC(C)(C)C(N)=S)nc1C. The van der Waals surface area contributed by atoms with Gasteiger partial charge in [-0.25, -0.2) is 13.4 Å². The number of rotatable bonds is 5. The Balaban J connectivity index is 3.11. The number of hydrogen-bond acceptors (Lipinski definition) is 4. The summed E-state index contributed by atoms with van der Waals surface area (Å²) in [6, 6.07) is 0. The zero-order valence-corrected chi connectivity index (χ0v) is 12.5. The molecule has 8 heteroatoms. The van der Waals surface area contributed by atoms with Gasteiger partial charge in [-0.05, 0) is 27.7 Å². The molecule has 0 aliphatic heterocycles. The van der Waals surface area contributed by atoms with Gasteiger partial charge in [0.25, 0.3) is 10.0 Å². The van der Waals surface area contributed by atoms with E-state index in [2.05, 4.69) is 9.71 Å². The fourth-order valence-corrected chi connectivity index (χ4v) is 2.89. The van der Waals surface area contributed by atoms with Gasteiger partial charge >= 0.3 is 0 Å². The van der Waals surface area contributed by atoms with Crippen molar-refractivity contribution in [2.45, 2.75) is 44.8 Å². The quantitative estimate of drug-likeness (QED) is 0.773. The Kier molecular flexibility index (Phi) is 4.14. The highest BCUT2D eigenvalue weighted by Gasteiger charge is 2.30. The highest BCUT2D eigenvalue weighted by Crippen LogP contribution is 2.13. The average Bonchev–Trinajstić information content (AvgIpc) is 2.58. The average molecular weight is 290 g/mol. The molecule has 0 radical (unpaired) electrons. The van der Waals surface area contributed by atoms with Crippen molar-refractivity contribution >= 4 is 27.2 Å². The molecular formula is C10H18N4O2S2. The topological polar surface area (TPSA) is 90.0 Å². The summed E-state index contributed by atoms with van der Waals surface area (Å²) in [7, 11) is -3.72. The molecule has 0 aromatic carbocycles. The highest BCUT2D eigenvalue weighted by atomic mass is 32.2. The smallest absolute Gasteiger partial charge is 0.260 e. The van der Waals surface area contributed by atoms with E-state index in [-0.39, 0.29) is 10.0 Å². The second-order valence-corrected chi connectivity index (χ2v) is 6.58. The number of sulfonamides is 1. The van der Waals surface area contributed by atoms with Crippen molar-refractivity contribution in [3.05, 3.63) is 12.0 Å².